The van der Waals surface area contributed by atoms with Crippen molar-refractivity contribution >= 4 is 33.0 Å². The number of benzene rings is 1. The molecular formula is C15H17N3O3S2. The van der Waals surface area contributed by atoms with Gasteiger partial charge in [-0.25, -0.2) is 8.42 Å². The Balaban J connectivity index is 1.99. The Kier molecular flexibility index (Phi) is 4.11. The zero-order valence-electron chi connectivity index (χ0n) is 12.9. The van der Waals surface area contributed by atoms with Crippen molar-refractivity contribution in [1.82, 2.24) is 4.57 Å². The Labute approximate surface area is 138 Å². The third-order valence-electron chi connectivity index (χ3n) is 3.76. The summed E-state index contributed by atoms with van der Waals surface area (Å²) in [7, 11) is -1.46. The van der Waals surface area contributed by atoms with Crippen LogP contribution in [0.25, 0.3) is 0 Å². The molecule has 0 bridgehead atoms. The van der Waals surface area contributed by atoms with Crippen LogP contribution in [0.4, 0.5) is 5.69 Å². The smallest absolute Gasteiger partial charge is 0.279 e. The van der Waals surface area contributed by atoms with E-state index in [0.717, 1.165) is 18.4 Å². The number of fused-ring (bicyclic) bond motifs is 1. The van der Waals surface area contributed by atoms with Crippen molar-refractivity contribution in [3.05, 3.63) is 45.7 Å². The van der Waals surface area contributed by atoms with Crippen molar-refractivity contribution in [1.29, 1.82) is 0 Å². The number of carbonyl (C=O) groups is 1. The van der Waals surface area contributed by atoms with E-state index >= 15 is 0 Å². The SMILES string of the molecule is Cn1ccsc1=NC(=O)c1ccc2c(c1)CCCN2S(C)(=O)=O. The molecule has 2 heterocycles. The second-order valence-electron chi connectivity index (χ2n) is 5.50. The van der Waals surface area contributed by atoms with Crippen molar-refractivity contribution in [2.75, 3.05) is 17.1 Å². The van der Waals surface area contributed by atoms with E-state index in [0.29, 0.717) is 22.6 Å². The lowest BCUT2D eigenvalue weighted by molar-refractivity contribution is 0.0998. The molecule has 6 nitrogen and oxygen atoms in total. The van der Waals surface area contributed by atoms with Crippen molar-refractivity contribution in [3.8, 4) is 0 Å². The highest BCUT2D eigenvalue weighted by Gasteiger charge is 2.24. The highest BCUT2D eigenvalue weighted by Crippen LogP contribution is 2.30. The van der Waals surface area contributed by atoms with Crippen molar-refractivity contribution < 1.29 is 13.2 Å². The maximum Gasteiger partial charge on any atom is 0.279 e. The second-order valence-corrected chi connectivity index (χ2v) is 8.28. The van der Waals surface area contributed by atoms with Crippen LogP contribution in [0.5, 0.6) is 0 Å². The zero-order chi connectivity index (χ0) is 16.6. The first kappa shape index (κ1) is 15.9. The molecule has 3 rings (SSSR count). The van der Waals surface area contributed by atoms with Gasteiger partial charge in [-0.15, -0.1) is 11.3 Å². The first-order valence-electron chi connectivity index (χ1n) is 7.16. The zero-order valence-corrected chi connectivity index (χ0v) is 14.5. The summed E-state index contributed by atoms with van der Waals surface area (Å²) in [4.78, 5) is 17.1. The lowest BCUT2D eigenvalue weighted by atomic mass is 10.0. The molecule has 0 spiro atoms. The normalized spacial score (nSPS) is 15.6. The van der Waals surface area contributed by atoms with Gasteiger partial charge in [0.05, 0.1) is 11.9 Å². The number of thiazole rings is 1. The molecule has 1 aliphatic heterocycles. The summed E-state index contributed by atoms with van der Waals surface area (Å²) in [5, 5.41) is 1.86. The van der Waals surface area contributed by atoms with Crippen molar-refractivity contribution in [2.24, 2.45) is 12.0 Å². The van der Waals surface area contributed by atoms with E-state index in [-0.39, 0.29) is 5.91 Å². The van der Waals surface area contributed by atoms with E-state index in [1.54, 1.807) is 22.8 Å². The number of hydrogen-bond donors (Lipinski definition) is 0. The number of amides is 1. The van der Waals surface area contributed by atoms with E-state index < -0.39 is 10.0 Å². The molecule has 0 fully saturated rings. The predicted molar refractivity (Wildman–Crippen MR) is 90.1 cm³/mol. The molecule has 0 saturated carbocycles. The molecule has 1 aliphatic rings. The third-order valence-corrected chi connectivity index (χ3v) is 5.79. The standard InChI is InChI=1S/C15H17N3O3S2/c1-17-8-9-22-15(17)16-14(19)12-5-6-13-11(10-12)4-3-7-18(13)23(2,20)21/h5-6,8-10H,3-4,7H2,1-2H3. The van der Waals surface area contributed by atoms with E-state index in [1.807, 2.05) is 18.6 Å². The van der Waals surface area contributed by atoms with E-state index in [2.05, 4.69) is 4.99 Å². The van der Waals surface area contributed by atoms with Crippen LogP contribution in [-0.2, 0) is 23.5 Å². The fourth-order valence-corrected chi connectivity index (χ4v) is 4.35. The lowest BCUT2D eigenvalue weighted by Crippen LogP contribution is -2.34. The fraction of sp³-hybridized carbons (Fsp3) is 0.333. The van der Waals surface area contributed by atoms with Crippen molar-refractivity contribution in [2.45, 2.75) is 12.8 Å². The summed E-state index contributed by atoms with van der Waals surface area (Å²) in [6.07, 6.45) is 4.55. The summed E-state index contributed by atoms with van der Waals surface area (Å²) >= 11 is 1.39. The van der Waals surface area contributed by atoms with Gasteiger partial charge in [0.15, 0.2) is 4.80 Å². The molecule has 0 radical (unpaired) electrons. The van der Waals surface area contributed by atoms with Gasteiger partial charge in [0, 0.05) is 30.7 Å². The highest BCUT2D eigenvalue weighted by molar-refractivity contribution is 7.92. The highest BCUT2D eigenvalue weighted by atomic mass is 32.2. The molecular weight excluding hydrogens is 334 g/mol. The monoisotopic (exact) mass is 351 g/mol. The van der Waals surface area contributed by atoms with Crippen LogP contribution in [0, 0.1) is 0 Å². The first-order chi connectivity index (χ1) is 10.9. The minimum atomic E-state index is -3.30. The number of aromatic nitrogens is 1. The Hall–Kier alpha value is -1.93. The average molecular weight is 351 g/mol. The predicted octanol–water partition coefficient (Wildman–Crippen LogP) is 1.54. The van der Waals surface area contributed by atoms with Crippen LogP contribution in [-0.4, -0.2) is 31.7 Å². The topological polar surface area (TPSA) is 71.7 Å². The average Bonchev–Trinajstić information content (AvgIpc) is 2.90. The molecule has 0 unspecified atom stereocenters. The minimum Gasteiger partial charge on any atom is -0.327 e. The number of rotatable bonds is 2. The fourth-order valence-electron chi connectivity index (χ4n) is 2.63. The van der Waals surface area contributed by atoms with Gasteiger partial charge >= 0.3 is 0 Å². The van der Waals surface area contributed by atoms with Gasteiger partial charge in [0.1, 0.15) is 0 Å². The van der Waals surface area contributed by atoms with E-state index in [4.69, 9.17) is 0 Å². The van der Waals surface area contributed by atoms with Gasteiger partial charge in [0.2, 0.25) is 10.0 Å². The molecule has 1 amide bonds. The van der Waals surface area contributed by atoms with Gasteiger partial charge < -0.3 is 4.57 Å². The lowest BCUT2D eigenvalue weighted by Gasteiger charge is -2.29. The third kappa shape index (κ3) is 3.23. The number of sulfonamides is 1. The Morgan fingerprint density at radius 1 is 1.35 bits per heavy atom. The molecule has 0 aliphatic carbocycles. The minimum absolute atomic E-state index is 0.317. The van der Waals surface area contributed by atoms with Crippen LogP contribution in [0.2, 0.25) is 0 Å². The largest absolute Gasteiger partial charge is 0.327 e. The molecule has 8 heteroatoms. The summed E-state index contributed by atoms with van der Waals surface area (Å²) in [6, 6.07) is 5.10. The molecule has 23 heavy (non-hydrogen) atoms. The molecule has 1 aromatic carbocycles. The van der Waals surface area contributed by atoms with Gasteiger partial charge in [-0.2, -0.15) is 4.99 Å². The van der Waals surface area contributed by atoms with E-state index in [1.165, 1.54) is 21.9 Å². The van der Waals surface area contributed by atoms with Crippen LogP contribution < -0.4 is 9.11 Å². The maximum atomic E-state index is 12.3. The number of carbonyl (C=O) groups excluding carboxylic acids is 1. The molecule has 1 aromatic heterocycles. The molecule has 0 N–H and O–H groups in total. The summed E-state index contributed by atoms with van der Waals surface area (Å²) in [5.41, 5.74) is 2.02. The number of aryl methyl sites for hydroxylation is 2. The molecule has 0 atom stereocenters. The van der Waals surface area contributed by atoms with E-state index in [9.17, 15) is 13.2 Å². The Bertz CT molecular complexity index is 925. The molecule has 0 saturated heterocycles. The van der Waals surface area contributed by atoms with Gasteiger partial charge in [-0.3, -0.25) is 9.10 Å². The Morgan fingerprint density at radius 2 is 2.13 bits per heavy atom. The quantitative estimate of drug-likeness (QED) is 0.824. The molecule has 2 aromatic rings. The first-order valence-corrected chi connectivity index (χ1v) is 9.89. The van der Waals surface area contributed by atoms with Crippen LogP contribution in [0.15, 0.2) is 34.8 Å². The number of anilines is 1. The summed E-state index contributed by atoms with van der Waals surface area (Å²) in [6.45, 7) is 0.481. The van der Waals surface area contributed by atoms with Crippen molar-refractivity contribution in [3.63, 3.8) is 0 Å². The number of hydrogen-bond acceptors (Lipinski definition) is 4. The summed E-state index contributed by atoms with van der Waals surface area (Å²) in [5.74, 6) is -0.317. The van der Waals surface area contributed by atoms with Gasteiger partial charge in [-0.1, -0.05) is 0 Å². The number of nitrogens with zero attached hydrogens (tertiary/aromatic N) is 3. The Morgan fingerprint density at radius 3 is 2.78 bits per heavy atom. The van der Waals surface area contributed by atoms with Crippen LogP contribution >= 0.6 is 11.3 Å². The summed E-state index contributed by atoms with van der Waals surface area (Å²) < 4.78 is 26.9. The maximum absolute atomic E-state index is 12.3. The van der Waals surface area contributed by atoms with Gasteiger partial charge in [-0.05, 0) is 36.6 Å². The van der Waals surface area contributed by atoms with Gasteiger partial charge in [0.25, 0.3) is 5.91 Å². The van der Waals surface area contributed by atoms with Crippen LogP contribution in [0.1, 0.15) is 22.3 Å². The van der Waals surface area contributed by atoms with Crippen LogP contribution in [0.3, 0.4) is 0 Å². The second kappa shape index (κ2) is 5.93. The molecule has 122 valence electrons.